The lowest BCUT2D eigenvalue weighted by atomic mass is 10.2. The summed E-state index contributed by atoms with van der Waals surface area (Å²) in [6, 6.07) is 9.68. The van der Waals surface area contributed by atoms with E-state index in [0.29, 0.717) is 0 Å². The number of hydrogen-bond donors (Lipinski definition) is 2. The summed E-state index contributed by atoms with van der Waals surface area (Å²) in [5.74, 6) is 0.0953. The van der Waals surface area contributed by atoms with E-state index < -0.39 is 0 Å². The first-order valence-electron chi connectivity index (χ1n) is 5.19. The second-order valence-electron chi connectivity index (χ2n) is 3.79. The molecule has 0 saturated heterocycles. The molecule has 0 saturated carbocycles. The van der Waals surface area contributed by atoms with Crippen molar-refractivity contribution in [2.75, 3.05) is 0 Å². The smallest absolute Gasteiger partial charge is 0.122 e. The minimum Gasteiger partial charge on any atom is -0.384 e. The van der Waals surface area contributed by atoms with Crippen molar-refractivity contribution in [3.05, 3.63) is 41.6 Å². The van der Waals surface area contributed by atoms with Crippen LogP contribution in [-0.4, -0.2) is 15.6 Å². The maximum Gasteiger partial charge on any atom is 0.122 e. The zero-order chi connectivity index (χ0) is 12.4. The van der Waals surface area contributed by atoms with Crippen LogP contribution in [0.25, 0.3) is 0 Å². The van der Waals surface area contributed by atoms with Crippen molar-refractivity contribution in [2.24, 2.45) is 12.8 Å². The molecule has 3 N–H and O–H groups in total. The Labute approximate surface area is 104 Å². The number of amidine groups is 1. The van der Waals surface area contributed by atoms with Crippen LogP contribution in [0.2, 0.25) is 0 Å². The van der Waals surface area contributed by atoms with Crippen molar-refractivity contribution in [1.29, 1.82) is 5.41 Å². The van der Waals surface area contributed by atoms with Gasteiger partial charge in [0, 0.05) is 17.5 Å². The Bertz CT molecular complexity index is 542. The molecule has 0 aliphatic carbocycles. The fourth-order valence-electron chi connectivity index (χ4n) is 1.51. The molecule has 2 rings (SSSR count). The van der Waals surface area contributed by atoms with Crippen LogP contribution in [0.1, 0.15) is 11.3 Å². The van der Waals surface area contributed by atoms with Crippen molar-refractivity contribution in [1.82, 2.24) is 9.78 Å². The van der Waals surface area contributed by atoms with Crippen LogP contribution in [0.3, 0.4) is 0 Å². The molecule has 5 heteroatoms. The van der Waals surface area contributed by atoms with Crippen molar-refractivity contribution in [3.8, 4) is 0 Å². The molecule has 1 aromatic carbocycles. The van der Waals surface area contributed by atoms with Gasteiger partial charge in [-0.05, 0) is 25.1 Å². The molecule has 4 nitrogen and oxygen atoms in total. The predicted octanol–water partition coefficient (Wildman–Crippen LogP) is 2.16. The van der Waals surface area contributed by atoms with Crippen LogP contribution in [-0.2, 0) is 7.05 Å². The van der Waals surface area contributed by atoms with Crippen LogP contribution in [0.4, 0.5) is 0 Å². The normalized spacial score (nSPS) is 10.5. The number of hydrogen-bond acceptors (Lipinski definition) is 3. The minimum absolute atomic E-state index is 0.0953. The van der Waals surface area contributed by atoms with E-state index in [4.69, 9.17) is 11.1 Å². The average Bonchev–Trinajstić information content (AvgIpc) is 2.58. The van der Waals surface area contributed by atoms with E-state index in [2.05, 4.69) is 5.10 Å². The van der Waals surface area contributed by atoms with E-state index in [1.807, 2.05) is 49.0 Å². The number of nitrogens with zero attached hydrogens (tertiary/aromatic N) is 2. The quantitative estimate of drug-likeness (QED) is 0.644. The topological polar surface area (TPSA) is 67.7 Å². The highest BCUT2D eigenvalue weighted by molar-refractivity contribution is 7.99. The van der Waals surface area contributed by atoms with Crippen LogP contribution >= 0.6 is 11.8 Å². The Hall–Kier alpha value is -1.75. The summed E-state index contributed by atoms with van der Waals surface area (Å²) in [5, 5.41) is 12.7. The monoisotopic (exact) mass is 246 g/mol. The third kappa shape index (κ3) is 2.68. The van der Waals surface area contributed by atoms with Crippen molar-refractivity contribution >= 4 is 17.6 Å². The van der Waals surface area contributed by atoms with Gasteiger partial charge >= 0.3 is 0 Å². The second-order valence-corrected chi connectivity index (χ2v) is 4.88. The van der Waals surface area contributed by atoms with E-state index in [0.717, 1.165) is 21.2 Å². The molecule has 0 radical (unpaired) electrons. The lowest BCUT2D eigenvalue weighted by Gasteiger charge is -2.03. The minimum atomic E-state index is 0.0953. The van der Waals surface area contributed by atoms with Crippen molar-refractivity contribution < 1.29 is 0 Å². The van der Waals surface area contributed by atoms with Crippen LogP contribution < -0.4 is 5.73 Å². The zero-order valence-electron chi connectivity index (χ0n) is 9.77. The fourth-order valence-corrected chi connectivity index (χ4v) is 2.42. The lowest BCUT2D eigenvalue weighted by molar-refractivity contribution is 0.692. The summed E-state index contributed by atoms with van der Waals surface area (Å²) in [7, 11) is 1.93. The summed E-state index contributed by atoms with van der Waals surface area (Å²) in [6.07, 6.45) is 0. The number of aryl methyl sites for hydroxylation is 2. The van der Waals surface area contributed by atoms with E-state index in [-0.39, 0.29) is 5.84 Å². The molecule has 0 spiro atoms. The Kier molecular flexibility index (Phi) is 3.19. The van der Waals surface area contributed by atoms with E-state index in [9.17, 15) is 0 Å². The maximum absolute atomic E-state index is 7.32. The highest BCUT2D eigenvalue weighted by atomic mass is 32.2. The summed E-state index contributed by atoms with van der Waals surface area (Å²) in [4.78, 5) is 1.11. The molecule has 0 aliphatic rings. The van der Waals surface area contributed by atoms with Gasteiger partial charge in [0.15, 0.2) is 0 Å². The van der Waals surface area contributed by atoms with Gasteiger partial charge in [0.05, 0.1) is 10.7 Å². The number of nitrogens with two attached hydrogens (primary N) is 1. The van der Waals surface area contributed by atoms with Gasteiger partial charge in [0.25, 0.3) is 0 Å². The van der Waals surface area contributed by atoms with Gasteiger partial charge < -0.3 is 5.73 Å². The highest BCUT2D eigenvalue weighted by Gasteiger charge is 2.04. The van der Waals surface area contributed by atoms with Gasteiger partial charge in [0.1, 0.15) is 5.84 Å². The highest BCUT2D eigenvalue weighted by Crippen LogP contribution is 2.27. The Morgan fingerprint density at radius 3 is 2.47 bits per heavy atom. The molecule has 0 bridgehead atoms. The van der Waals surface area contributed by atoms with E-state index in [1.54, 1.807) is 11.8 Å². The van der Waals surface area contributed by atoms with Gasteiger partial charge in [-0.25, -0.2) is 0 Å². The van der Waals surface area contributed by atoms with Gasteiger partial charge in [-0.1, -0.05) is 23.9 Å². The van der Waals surface area contributed by atoms with E-state index in [1.165, 1.54) is 0 Å². The fraction of sp³-hybridized carbons (Fsp3) is 0.167. The van der Waals surface area contributed by atoms with Crippen molar-refractivity contribution in [2.45, 2.75) is 16.8 Å². The van der Waals surface area contributed by atoms with Gasteiger partial charge in [-0.2, -0.15) is 5.10 Å². The number of nitrogens with one attached hydrogen (secondary N) is 1. The molecule has 1 heterocycles. The molecular formula is C12H14N4S. The van der Waals surface area contributed by atoms with Crippen LogP contribution in [0.5, 0.6) is 0 Å². The molecule has 0 fully saturated rings. The Morgan fingerprint density at radius 1 is 1.35 bits per heavy atom. The molecule has 0 atom stereocenters. The first-order valence-corrected chi connectivity index (χ1v) is 6.01. The Morgan fingerprint density at radius 2 is 2.00 bits per heavy atom. The van der Waals surface area contributed by atoms with Gasteiger partial charge in [0.2, 0.25) is 0 Å². The molecule has 1 aromatic heterocycles. The van der Waals surface area contributed by atoms with Crippen LogP contribution in [0, 0.1) is 12.3 Å². The van der Waals surface area contributed by atoms with E-state index >= 15 is 0 Å². The average molecular weight is 246 g/mol. The predicted molar refractivity (Wildman–Crippen MR) is 69.5 cm³/mol. The number of rotatable bonds is 3. The lowest BCUT2D eigenvalue weighted by Crippen LogP contribution is -2.10. The molecule has 0 unspecified atom stereocenters. The first kappa shape index (κ1) is 11.7. The molecule has 0 amide bonds. The third-order valence-corrected chi connectivity index (χ3v) is 3.45. The SMILES string of the molecule is Cc1cc(Sc2ccc(C(=N)N)cc2)n(C)n1. The number of nitrogen functional groups attached to an aromatic ring is 1. The van der Waals surface area contributed by atoms with Gasteiger partial charge in [-0.3, -0.25) is 10.1 Å². The number of benzene rings is 1. The molecular weight excluding hydrogens is 232 g/mol. The zero-order valence-corrected chi connectivity index (χ0v) is 10.6. The van der Waals surface area contributed by atoms with Crippen LogP contribution in [0.15, 0.2) is 40.3 Å². The summed E-state index contributed by atoms with van der Waals surface area (Å²) >= 11 is 1.64. The second kappa shape index (κ2) is 4.63. The van der Waals surface area contributed by atoms with Gasteiger partial charge in [-0.15, -0.1) is 0 Å². The molecule has 88 valence electrons. The maximum atomic E-state index is 7.32. The summed E-state index contributed by atoms with van der Waals surface area (Å²) in [6.45, 7) is 1.98. The molecule has 17 heavy (non-hydrogen) atoms. The summed E-state index contributed by atoms with van der Waals surface area (Å²) < 4.78 is 1.86. The summed E-state index contributed by atoms with van der Waals surface area (Å²) in [5.41, 5.74) is 7.16. The largest absolute Gasteiger partial charge is 0.384 e. The first-order chi connectivity index (χ1) is 8.06. The Balaban J connectivity index is 2.19. The standard InChI is InChI=1S/C12H14N4S/c1-8-7-11(16(2)15-8)17-10-5-3-9(4-6-10)12(13)14/h3-7H,1-2H3,(H3,13,14). The molecule has 2 aromatic rings. The molecule has 0 aliphatic heterocycles. The van der Waals surface area contributed by atoms with Crippen molar-refractivity contribution in [3.63, 3.8) is 0 Å². The third-order valence-electron chi connectivity index (χ3n) is 2.35. The number of aromatic nitrogens is 2.